The summed E-state index contributed by atoms with van der Waals surface area (Å²) in [6.07, 6.45) is 2.58. The number of hydrogen-bond donors (Lipinski definition) is 4. The predicted molar refractivity (Wildman–Crippen MR) is 79.6 cm³/mol. The highest BCUT2D eigenvalue weighted by Crippen LogP contribution is 2.32. The first-order valence-corrected chi connectivity index (χ1v) is 6.57. The van der Waals surface area contributed by atoms with Gasteiger partial charge in [-0.15, -0.1) is 0 Å². The molecule has 1 aliphatic rings. The Balaban J connectivity index is 1.92. The fourth-order valence-electron chi connectivity index (χ4n) is 2.59. The minimum absolute atomic E-state index is 0.193. The first-order valence-electron chi connectivity index (χ1n) is 6.57. The Labute approximate surface area is 123 Å². The zero-order chi connectivity index (χ0) is 15.4. The van der Waals surface area contributed by atoms with E-state index in [2.05, 4.69) is 9.97 Å². The molecule has 6 nitrogen and oxygen atoms in total. The molecule has 4 N–H and O–H groups in total. The van der Waals surface area contributed by atoms with E-state index in [0.29, 0.717) is 21.8 Å². The molecule has 2 heterocycles. The van der Waals surface area contributed by atoms with Gasteiger partial charge in [-0.05, 0) is 24.3 Å². The number of rotatable bonds is 1. The van der Waals surface area contributed by atoms with Gasteiger partial charge in [-0.25, -0.2) is 0 Å². The topological polar surface area (TPSA) is 106 Å². The number of Topliss-reactive ketones (excluding diaryl/α,β-unsaturated/α-hetero) is 2. The summed E-state index contributed by atoms with van der Waals surface area (Å²) in [5.41, 5.74) is 2.09. The number of ketones is 2. The highest BCUT2D eigenvalue weighted by Gasteiger charge is 2.14. The van der Waals surface area contributed by atoms with Crippen LogP contribution in [0.4, 0.5) is 0 Å². The molecule has 6 heteroatoms. The van der Waals surface area contributed by atoms with E-state index in [1.165, 1.54) is 24.3 Å². The number of aromatic hydroxyl groups is 2. The first kappa shape index (κ1) is 12.5. The minimum atomic E-state index is -0.549. The van der Waals surface area contributed by atoms with Gasteiger partial charge in [0.1, 0.15) is 0 Å². The Morgan fingerprint density at radius 1 is 0.773 bits per heavy atom. The minimum Gasteiger partial charge on any atom is -0.504 e. The van der Waals surface area contributed by atoms with Crippen molar-refractivity contribution in [2.75, 3.05) is 0 Å². The summed E-state index contributed by atoms with van der Waals surface area (Å²) in [5.74, 6) is -1.48. The van der Waals surface area contributed by atoms with Crippen LogP contribution in [0.25, 0.3) is 34.4 Å². The molecule has 108 valence electrons. The second-order valence-electron chi connectivity index (χ2n) is 5.18. The third-order valence-electron chi connectivity index (χ3n) is 3.69. The van der Waals surface area contributed by atoms with Crippen LogP contribution in [0.15, 0.2) is 24.3 Å². The second-order valence-corrected chi connectivity index (χ2v) is 5.18. The molecule has 1 aromatic carbocycles. The molecule has 0 amide bonds. The van der Waals surface area contributed by atoms with Gasteiger partial charge in [0.15, 0.2) is 11.5 Å². The Morgan fingerprint density at radius 3 is 2.27 bits per heavy atom. The van der Waals surface area contributed by atoms with E-state index in [-0.39, 0.29) is 11.5 Å². The van der Waals surface area contributed by atoms with Crippen LogP contribution in [0.2, 0.25) is 0 Å². The molecule has 4 rings (SSSR count). The van der Waals surface area contributed by atoms with Crippen molar-refractivity contribution in [1.29, 1.82) is 0 Å². The number of H-pyrrole nitrogens is 2. The standard InChI is InChI=1S/C16H10N2O4/c19-13-3-7-1-11(17-9(7)5-15(13)21)12-2-8-4-14(20)16(22)6-10(8)18-12/h1-6,17-19,21H. The molecule has 0 unspecified atom stereocenters. The molecule has 1 aliphatic carbocycles. The molecule has 0 aliphatic heterocycles. The summed E-state index contributed by atoms with van der Waals surface area (Å²) in [7, 11) is 0. The highest BCUT2D eigenvalue weighted by atomic mass is 16.3. The second kappa shape index (κ2) is 4.11. The zero-order valence-corrected chi connectivity index (χ0v) is 11.2. The van der Waals surface area contributed by atoms with Crippen LogP contribution < -0.4 is 10.6 Å². The van der Waals surface area contributed by atoms with E-state index in [4.69, 9.17) is 0 Å². The van der Waals surface area contributed by atoms with Crippen molar-refractivity contribution in [3.63, 3.8) is 0 Å². The van der Waals surface area contributed by atoms with Crippen molar-refractivity contribution in [1.82, 2.24) is 9.97 Å². The zero-order valence-electron chi connectivity index (χ0n) is 11.2. The Hall–Kier alpha value is -3.28. The monoisotopic (exact) mass is 294 g/mol. The lowest BCUT2D eigenvalue weighted by molar-refractivity contribution is -0.129. The molecule has 0 radical (unpaired) electrons. The number of carbonyl (C=O) groups excluding carboxylic acids is 2. The molecule has 2 aromatic heterocycles. The molecular weight excluding hydrogens is 284 g/mol. The molecule has 0 fully saturated rings. The molecule has 22 heavy (non-hydrogen) atoms. The summed E-state index contributed by atoms with van der Waals surface area (Å²) in [6.45, 7) is 0. The molecule has 0 atom stereocenters. The molecule has 3 aromatic rings. The fraction of sp³-hybridized carbons (Fsp3) is 0. The van der Waals surface area contributed by atoms with E-state index < -0.39 is 11.6 Å². The lowest BCUT2D eigenvalue weighted by Crippen LogP contribution is -2.31. The molecular formula is C16H10N2O4. The van der Waals surface area contributed by atoms with Crippen LogP contribution in [0.5, 0.6) is 11.5 Å². The van der Waals surface area contributed by atoms with Crippen LogP contribution in [0.3, 0.4) is 0 Å². The fourth-order valence-corrected chi connectivity index (χ4v) is 2.59. The van der Waals surface area contributed by atoms with Gasteiger partial charge in [0.25, 0.3) is 0 Å². The highest BCUT2D eigenvalue weighted by molar-refractivity contribution is 6.57. The smallest absolute Gasteiger partial charge is 0.227 e. The number of benzene rings is 1. The normalized spacial score (nSPS) is 13.8. The Kier molecular flexibility index (Phi) is 2.33. The lowest BCUT2D eigenvalue weighted by Gasteiger charge is -1.95. The van der Waals surface area contributed by atoms with Gasteiger partial charge in [0.05, 0.1) is 16.7 Å². The van der Waals surface area contributed by atoms with E-state index in [1.54, 1.807) is 12.1 Å². The molecule has 0 saturated heterocycles. The van der Waals surface area contributed by atoms with Crippen molar-refractivity contribution < 1.29 is 19.8 Å². The summed E-state index contributed by atoms with van der Waals surface area (Å²) < 4.78 is 0. The summed E-state index contributed by atoms with van der Waals surface area (Å²) >= 11 is 0. The van der Waals surface area contributed by atoms with Gasteiger partial charge in [0, 0.05) is 28.3 Å². The van der Waals surface area contributed by atoms with Crippen LogP contribution >= 0.6 is 0 Å². The average molecular weight is 294 g/mol. The maximum atomic E-state index is 11.4. The number of hydrogen-bond acceptors (Lipinski definition) is 4. The Morgan fingerprint density at radius 2 is 1.45 bits per heavy atom. The van der Waals surface area contributed by atoms with E-state index in [9.17, 15) is 19.8 Å². The van der Waals surface area contributed by atoms with Crippen molar-refractivity contribution in [2.45, 2.75) is 0 Å². The quantitative estimate of drug-likeness (QED) is 0.382. The summed E-state index contributed by atoms with van der Waals surface area (Å²) in [6, 6.07) is 6.46. The third-order valence-corrected chi connectivity index (χ3v) is 3.69. The van der Waals surface area contributed by atoms with Crippen molar-refractivity contribution in [3.05, 3.63) is 34.8 Å². The van der Waals surface area contributed by atoms with Gasteiger partial charge < -0.3 is 20.2 Å². The number of aromatic nitrogens is 2. The number of phenolic OH excluding ortho intramolecular Hbond substituents is 2. The molecule has 0 bridgehead atoms. The molecule has 0 saturated carbocycles. The number of fused-ring (bicyclic) bond motifs is 2. The maximum Gasteiger partial charge on any atom is 0.227 e. The van der Waals surface area contributed by atoms with Crippen LogP contribution in [-0.2, 0) is 9.59 Å². The number of phenols is 2. The number of nitrogens with one attached hydrogen (secondary N) is 2. The van der Waals surface area contributed by atoms with E-state index in [0.717, 1.165) is 11.1 Å². The van der Waals surface area contributed by atoms with E-state index in [1.807, 2.05) is 0 Å². The molecule has 0 spiro atoms. The van der Waals surface area contributed by atoms with Crippen LogP contribution in [0.1, 0.15) is 0 Å². The van der Waals surface area contributed by atoms with Crippen molar-refractivity contribution in [2.24, 2.45) is 0 Å². The van der Waals surface area contributed by atoms with Gasteiger partial charge in [0.2, 0.25) is 11.6 Å². The third kappa shape index (κ3) is 1.74. The summed E-state index contributed by atoms with van der Waals surface area (Å²) in [4.78, 5) is 29.0. The first-order chi connectivity index (χ1) is 10.5. The van der Waals surface area contributed by atoms with Gasteiger partial charge in [-0.3, -0.25) is 9.59 Å². The average Bonchev–Trinajstić information content (AvgIpc) is 3.03. The van der Waals surface area contributed by atoms with Crippen molar-refractivity contribution in [3.8, 4) is 22.9 Å². The Bertz CT molecular complexity index is 1000. The van der Waals surface area contributed by atoms with Gasteiger partial charge >= 0.3 is 0 Å². The van der Waals surface area contributed by atoms with Crippen molar-refractivity contribution >= 4 is 34.6 Å². The predicted octanol–water partition coefficient (Wildman–Crippen LogP) is 0.287. The van der Waals surface area contributed by atoms with Gasteiger partial charge in [-0.1, -0.05) is 0 Å². The van der Waals surface area contributed by atoms with Crippen LogP contribution in [0, 0.1) is 0 Å². The van der Waals surface area contributed by atoms with Gasteiger partial charge in [-0.2, -0.15) is 0 Å². The largest absolute Gasteiger partial charge is 0.504 e. The van der Waals surface area contributed by atoms with E-state index >= 15 is 0 Å². The lowest BCUT2D eigenvalue weighted by atomic mass is 10.1. The SMILES string of the molecule is O=C1C=c2cc(-c3cc4cc(O)c(O)cc4[nH]3)[nH]c2=CC1=O. The number of carbonyl (C=O) groups is 2. The maximum absolute atomic E-state index is 11.4. The van der Waals surface area contributed by atoms with Crippen LogP contribution in [-0.4, -0.2) is 31.7 Å². The number of aromatic amines is 2. The summed E-state index contributed by atoms with van der Waals surface area (Å²) in [5, 5.41) is 21.0.